The summed E-state index contributed by atoms with van der Waals surface area (Å²) in [4.78, 5) is 81.0. The molecule has 0 aliphatic carbocycles. The van der Waals surface area contributed by atoms with Gasteiger partial charge in [0.2, 0.25) is 0 Å². The summed E-state index contributed by atoms with van der Waals surface area (Å²) in [5, 5.41) is 35.1. The zero-order valence-electron chi connectivity index (χ0n) is 49.4. The number of hydrogen-bond donors (Lipinski definition) is 6. The van der Waals surface area contributed by atoms with Crippen LogP contribution < -0.4 is 21.3 Å². The predicted octanol–water partition coefficient (Wildman–Crippen LogP) is 6.20. The molecule has 2 saturated heterocycles. The third-order valence-corrected chi connectivity index (χ3v) is 13.7. The van der Waals surface area contributed by atoms with Gasteiger partial charge in [0.25, 0.3) is 0 Å². The summed E-state index contributed by atoms with van der Waals surface area (Å²) in [5.41, 5.74) is 0. The zero-order valence-corrected chi connectivity index (χ0v) is 44.4. The average molecular weight is 978 g/mol. The molecule has 0 aromatic rings. The van der Waals surface area contributed by atoms with Crippen LogP contribution >= 0.6 is 0 Å². The summed E-state index contributed by atoms with van der Waals surface area (Å²) in [5.74, 6) is -0.131. The summed E-state index contributed by atoms with van der Waals surface area (Å²) < 4.78 is 36.5. The average Bonchev–Trinajstić information content (AvgIpc) is 3.32. The number of hydrogen-bond acceptors (Lipinski definition) is 14. The third-order valence-electron chi connectivity index (χ3n) is 13.7. The fourth-order valence-corrected chi connectivity index (χ4v) is 8.98. The third kappa shape index (κ3) is 24.9. The number of aliphatic hydroxyl groups excluding tert-OH is 2. The summed E-state index contributed by atoms with van der Waals surface area (Å²) >= 11 is 0. The van der Waals surface area contributed by atoms with Crippen LogP contribution in [0.15, 0.2) is 24.3 Å². The monoisotopic (exact) mass is 978 g/mol. The number of aliphatic hydroxyl groups is 2. The smallest absolute Gasteiger partial charge is 0.163 e. The minimum atomic E-state index is -1.95. The predicted molar refractivity (Wildman–Crippen MR) is 280 cm³/mol. The van der Waals surface area contributed by atoms with E-state index in [1.165, 1.54) is 0 Å². The van der Waals surface area contributed by atoms with E-state index in [9.17, 15) is 39.0 Å². The maximum atomic E-state index is 13.3. The second-order valence-electron chi connectivity index (χ2n) is 20.5. The topological polar surface area (TPSA) is 197 Å². The minimum Gasteiger partial charge on any atom is -0.391 e. The van der Waals surface area contributed by atoms with E-state index in [1.807, 2.05) is 83.7 Å². The SMILES string of the molecule is [2H]C([2H])([2H])CC/C=C/C[C@@H](C)C(O)[C@H]1C(=O)CCCN[C@@H](C(C)C)C(=O)CN[C@@H](C)C(=O)CCCCN1C.[2H]C([2H])C/C=C/C[C@@H](C)C(O)[C@H]1C(=O)CCCN[C@@H](C(C)C)C(=O)CNC(C)C(=O)CCCCN1C. The number of likely N-dealkylation sites (N-methyl/N-ethyl adjacent to an activating group) is 2. The molecular formula is C55H100N6O8. The molecule has 10 atom stereocenters. The second-order valence-corrected chi connectivity index (χ2v) is 20.5. The summed E-state index contributed by atoms with van der Waals surface area (Å²) in [7, 11) is 3.70. The van der Waals surface area contributed by atoms with Crippen molar-refractivity contribution in [3.05, 3.63) is 24.3 Å². The molecule has 14 heteroatoms. The lowest BCUT2D eigenvalue weighted by Crippen LogP contribution is -2.50. The van der Waals surface area contributed by atoms with Gasteiger partial charge in [0, 0.05) is 32.5 Å². The molecule has 2 heterocycles. The molecule has 14 nitrogen and oxygen atoms in total. The van der Waals surface area contributed by atoms with Crippen LogP contribution in [-0.4, -0.2) is 157 Å². The Hall–Kier alpha value is -2.82. The highest BCUT2D eigenvalue weighted by molar-refractivity contribution is 5.89. The molecule has 0 aromatic heterocycles. The molecule has 0 amide bonds. The van der Waals surface area contributed by atoms with E-state index in [4.69, 9.17) is 6.85 Å². The molecule has 0 bridgehead atoms. The number of carbonyl (C=O) groups is 6. The van der Waals surface area contributed by atoms with Gasteiger partial charge in [-0.05, 0) is 142 Å². The van der Waals surface area contributed by atoms with E-state index in [0.29, 0.717) is 103 Å². The molecule has 0 radical (unpaired) electrons. The van der Waals surface area contributed by atoms with Gasteiger partial charge in [-0.1, -0.05) is 86.0 Å². The maximum absolute atomic E-state index is 13.3. The van der Waals surface area contributed by atoms with E-state index in [-0.39, 0.29) is 102 Å². The van der Waals surface area contributed by atoms with E-state index >= 15 is 0 Å². The fourth-order valence-electron chi connectivity index (χ4n) is 8.98. The van der Waals surface area contributed by atoms with Crippen LogP contribution in [0.1, 0.15) is 172 Å². The minimum absolute atomic E-state index is 0.00377. The molecular weight excluding hydrogens is 873 g/mol. The molecule has 2 fully saturated rings. The first-order valence-electron chi connectivity index (χ1n) is 28.9. The van der Waals surface area contributed by atoms with E-state index in [1.54, 1.807) is 19.9 Å². The molecule has 6 N–H and O–H groups in total. The first-order chi connectivity index (χ1) is 34.7. The molecule has 398 valence electrons. The second kappa shape index (κ2) is 36.1. The van der Waals surface area contributed by atoms with Crippen LogP contribution in [0, 0.1) is 23.7 Å². The standard InChI is InChI=1S/C28H51N3O4.C27H49N3O4/c1-7-8-9-10-14-21(4)28(35)27-24(33)16-13-17-29-26(20(2)3)25(34)19-30-22(5)23(32)15-11-12-18-31(27)6;1-7-8-9-13-20(4)27(34)26-23(32)15-12-16-28-25(19(2)3)24(33)18-29-21(5)22(31)14-10-11-17-30(26)6/h9-10,20-22,26-30,35H,7-8,11-19H2,1-6H3;8-9,19-21,25-29,34H,7,10-18H2,1-6H3/b10-9+;9-8+/t21-,22+,26+,27-,28?;20-,21?,25+,26-,27?/m11/s1/i1D3;1D2. The van der Waals surface area contributed by atoms with Gasteiger partial charge < -0.3 is 31.5 Å². The van der Waals surface area contributed by atoms with E-state index < -0.39 is 44.1 Å². The van der Waals surface area contributed by atoms with Crippen LogP contribution in [0.25, 0.3) is 0 Å². The Kier molecular flexibility index (Phi) is 29.1. The van der Waals surface area contributed by atoms with Crippen LogP contribution in [0.5, 0.6) is 0 Å². The molecule has 0 spiro atoms. The number of allylic oxidation sites excluding steroid dienone is 4. The van der Waals surface area contributed by atoms with Gasteiger partial charge in [0.1, 0.15) is 11.6 Å². The highest BCUT2D eigenvalue weighted by atomic mass is 16.3. The first-order valence-corrected chi connectivity index (χ1v) is 26.2. The molecule has 2 aliphatic heterocycles. The van der Waals surface area contributed by atoms with Crippen molar-refractivity contribution in [2.24, 2.45) is 23.7 Å². The summed E-state index contributed by atoms with van der Waals surface area (Å²) in [6.07, 6.45) is 12.9. The number of Topliss-reactive ketones (excluding diaryl/α,β-unsaturated/α-hetero) is 6. The van der Waals surface area contributed by atoms with Crippen LogP contribution in [0.3, 0.4) is 0 Å². The van der Waals surface area contributed by atoms with Crippen molar-refractivity contribution in [2.75, 3.05) is 53.4 Å². The van der Waals surface area contributed by atoms with E-state index in [2.05, 4.69) is 21.3 Å². The summed E-state index contributed by atoms with van der Waals surface area (Å²) in [6.45, 7) is 14.9. The quantitative estimate of drug-likeness (QED) is 0.114. The van der Waals surface area contributed by atoms with Gasteiger partial charge >= 0.3 is 0 Å². The number of carbonyl (C=O) groups excluding carboxylic acids is 6. The Bertz CT molecular complexity index is 1730. The Morgan fingerprint density at radius 3 is 1.36 bits per heavy atom. The van der Waals surface area contributed by atoms with Crippen molar-refractivity contribution >= 4 is 34.7 Å². The molecule has 3 unspecified atom stereocenters. The first kappa shape index (κ1) is 55.5. The van der Waals surface area contributed by atoms with Crippen LogP contribution in [-0.2, 0) is 28.8 Å². The largest absolute Gasteiger partial charge is 0.391 e. The van der Waals surface area contributed by atoms with Crippen LogP contribution in [0.2, 0.25) is 0 Å². The maximum Gasteiger partial charge on any atom is 0.163 e. The van der Waals surface area contributed by atoms with Gasteiger partial charge in [-0.3, -0.25) is 38.6 Å². The van der Waals surface area contributed by atoms with Crippen LogP contribution in [0.4, 0.5) is 0 Å². The molecule has 69 heavy (non-hydrogen) atoms. The molecule has 2 aliphatic rings. The Morgan fingerprint density at radius 2 is 0.971 bits per heavy atom. The Morgan fingerprint density at radius 1 is 0.565 bits per heavy atom. The zero-order chi connectivity index (χ0) is 56.1. The van der Waals surface area contributed by atoms with Gasteiger partial charge in [0.15, 0.2) is 23.1 Å². The van der Waals surface area contributed by atoms with Crippen molar-refractivity contribution in [3.8, 4) is 0 Å². The lowest BCUT2D eigenvalue weighted by molar-refractivity contribution is -0.130. The van der Waals surface area contributed by atoms with E-state index in [0.717, 1.165) is 6.42 Å². The van der Waals surface area contributed by atoms with Gasteiger partial charge in [-0.15, -0.1) is 0 Å². The molecule has 2 rings (SSSR count). The normalized spacial score (nSPS) is 28.8. The highest BCUT2D eigenvalue weighted by Crippen LogP contribution is 2.22. The molecule has 0 aromatic carbocycles. The number of rotatable bonds is 13. The van der Waals surface area contributed by atoms with Crippen molar-refractivity contribution < 1.29 is 45.8 Å². The fraction of sp³-hybridized carbons (Fsp3) is 0.818. The number of nitrogens with one attached hydrogen (secondary N) is 4. The van der Waals surface area contributed by atoms with Gasteiger partial charge in [-0.25, -0.2) is 0 Å². The van der Waals surface area contributed by atoms with Crippen molar-refractivity contribution in [1.82, 2.24) is 31.1 Å². The molecule has 0 saturated carbocycles. The lowest BCUT2D eigenvalue weighted by atomic mass is 9.89. The number of nitrogens with zero attached hydrogens (tertiary/aromatic N) is 2. The van der Waals surface area contributed by atoms with Crippen molar-refractivity contribution in [1.29, 1.82) is 0 Å². The van der Waals surface area contributed by atoms with Gasteiger partial charge in [-0.2, -0.15) is 0 Å². The Balaban J connectivity index is 0.000000741. The number of ketones is 6. The summed E-state index contributed by atoms with van der Waals surface area (Å²) in [6, 6.07) is -2.82. The van der Waals surface area contributed by atoms with Crippen molar-refractivity contribution in [3.63, 3.8) is 0 Å². The van der Waals surface area contributed by atoms with Crippen molar-refractivity contribution in [2.45, 2.75) is 214 Å². The Labute approximate surface area is 425 Å². The lowest BCUT2D eigenvalue weighted by Gasteiger charge is -2.34. The highest BCUT2D eigenvalue weighted by Gasteiger charge is 2.35. The van der Waals surface area contributed by atoms with Gasteiger partial charge in [0.05, 0.1) is 61.5 Å².